The van der Waals surface area contributed by atoms with Crippen molar-refractivity contribution in [2.45, 2.75) is 45.6 Å². The highest BCUT2D eigenvalue weighted by Crippen LogP contribution is 2.37. The van der Waals surface area contributed by atoms with E-state index >= 15 is 0 Å². The predicted octanol–water partition coefficient (Wildman–Crippen LogP) is 4.67. The standard InChI is InChI=1S/C27H28N4O3S/c1-3-34-21-8-4-7-20(14-21)18(2)12-25(32)30-27-23(15-28)22-9-11-31(17-24(22)35-27)26(33)13-19-6-5-10-29-16-19/h4-8,10,14,16,18H,3,9,11-13,17H2,1-2H3,(H,30,32). The number of benzene rings is 1. The van der Waals surface area contributed by atoms with Crippen molar-refractivity contribution in [3.8, 4) is 11.8 Å². The van der Waals surface area contributed by atoms with Crippen LogP contribution in [0.2, 0.25) is 0 Å². The van der Waals surface area contributed by atoms with E-state index in [0.717, 1.165) is 27.3 Å². The van der Waals surface area contributed by atoms with Crippen LogP contribution in [0.25, 0.3) is 0 Å². The summed E-state index contributed by atoms with van der Waals surface area (Å²) in [5.74, 6) is 0.678. The van der Waals surface area contributed by atoms with Crippen molar-refractivity contribution in [1.82, 2.24) is 9.88 Å². The molecule has 35 heavy (non-hydrogen) atoms. The Kier molecular flexibility index (Phi) is 7.78. The molecule has 0 saturated heterocycles. The zero-order valence-corrected chi connectivity index (χ0v) is 20.7. The summed E-state index contributed by atoms with van der Waals surface area (Å²) < 4.78 is 5.57. The second-order valence-corrected chi connectivity index (χ2v) is 9.69. The monoisotopic (exact) mass is 488 g/mol. The second-order valence-electron chi connectivity index (χ2n) is 8.58. The molecule has 2 amide bonds. The highest BCUT2D eigenvalue weighted by molar-refractivity contribution is 7.16. The number of nitrogens with zero attached hydrogens (tertiary/aromatic N) is 3. The lowest BCUT2D eigenvalue weighted by atomic mass is 9.97. The number of aromatic nitrogens is 1. The summed E-state index contributed by atoms with van der Waals surface area (Å²) >= 11 is 1.39. The molecule has 1 aromatic carbocycles. The average Bonchev–Trinajstić information content (AvgIpc) is 3.20. The number of hydrogen-bond acceptors (Lipinski definition) is 6. The molecule has 0 aliphatic carbocycles. The number of fused-ring (bicyclic) bond motifs is 1. The van der Waals surface area contributed by atoms with Gasteiger partial charge in [0.1, 0.15) is 16.8 Å². The maximum Gasteiger partial charge on any atom is 0.227 e. The van der Waals surface area contributed by atoms with E-state index < -0.39 is 0 Å². The van der Waals surface area contributed by atoms with E-state index in [0.29, 0.717) is 49.5 Å². The van der Waals surface area contributed by atoms with Gasteiger partial charge in [-0.05, 0) is 54.2 Å². The van der Waals surface area contributed by atoms with E-state index in [1.165, 1.54) is 11.3 Å². The summed E-state index contributed by atoms with van der Waals surface area (Å²) in [6.45, 7) is 5.53. The van der Waals surface area contributed by atoms with Gasteiger partial charge in [0.05, 0.1) is 25.1 Å². The number of pyridine rings is 1. The van der Waals surface area contributed by atoms with Gasteiger partial charge in [-0.3, -0.25) is 14.6 Å². The Bertz CT molecular complexity index is 1250. The number of thiophene rings is 1. The Morgan fingerprint density at radius 1 is 1.31 bits per heavy atom. The molecule has 1 aliphatic rings. The Hall–Kier alpha value is -3.70. The SMILES string of the molecule is CCOc1cccc(C(C)CC(=O)Nc2sc3c(c2C#N)CCN(C(=O)Cc2cccnc2)C3)c1. The van der Waals surface area contributed by atoms with Crippen LogP contribution in [-0.2, 0) is 29.0 Å². The molecular weight excluding hydrogens is 460 g/mol. The number of hydrogen-bond donors (Lipinski definition) is 1. The fraction of sp³-hybridized carbons (Fsp3) is 0.333. The first-order valence-electron chi connectivity index (χ1n) is 11.7. The molecule has 2 aromatic heterocycles. The molecule has 1 atom stereocenters. The highest BCUT2D eigenvalue weighted by Gasteiger charge is 2.28. The van der Waals surface area contributed by atoms with Crippen molar-refractivity contribution in [2.75, 3.05) is 18.5 Å². The zero-order valence-electron chi connectivity index (χ0n) is 19.9. The minimum atomic E-state index is -0.140. The summed E-state index contributed by atoms with van der Waals surface area (Å²) in [6, 6.07) is 13.8. The Labute approximate surface area is 209 Å². The minimum Gasteiger partial charge on any atom is -0.494 e. The van der Waals surface area contributed by atoms with Crippen LogP contribution < -0.4 is 10.1 Å². The summed E-state index contributed by atoms with van der Waals surface area (Å²) in [4.78, 5) is 32.5. The second kappa shape index (κ2) is 11.2. The van der Waals surface area contributed by atoms with Gasteiger partial charge in [-0.1, -0.05) is 25.1 Å². The number of rotatable bonds is 8. The van der Waals surface area contributed by atoms with Gasteiger partial charge < -0.3 is 15.0 Å². The molecule has 3 aromatic rings. The lowest BCUT2D eigenvalue weighted by molar-refractivity contribution is -0.131. The average molecular weight is 489 g/mol. The van der Waals surface area contributed by atoms with Gasteiger partial charge >= 0.3 is 0 Å². The maximum absolute atomic E-state index is 12.8. The van der Waals surface area contributed by atoms with E-state index in [4.69, 9.17) is 4.74 Å². The van der Waals surface area contributed by atoms with E-state index in [1.54, 1.807) is 12.4 Å². The molecule has 180 valence electrons. The van der Waals surface area contributed by atoms with Crippen molar-refractivity contribution >= 4 is 28.2 Å². The summed E-state index contributed by atoms with van der Waals surface area (Å²) in [5.41, 5.74) is 3.36. The number of carbonyl (C=O) groups is 2. The molecule has 0 saturated carbocycles. The lowest BCUT2D eigenvalue weighted by Gasteiger charge is -2.27. The maximum atomic E-state index is 12.8. The van der Waals surface area contributed by atoms with Gasteiger partial charge in [0, 0.05) is 30.2 Å². The third-order valence-corrected chi connectivity index (χ3v) is 7.21. The molecule has 1 N–H and O–H groups in total. The van der Waals surface area contributed by atoms with E-state index in [1.807, 2.05) is 55.1 Å². The summed E-state index contributed by atoms with van der Waals surface area (Å²) in [5, 5.41) is 13.3. The number of nitrogens with one attached hydrogen (secondary N) is 1. The first-order chi connectivity index (χ1) is 17.0. The van der Waals surface area contributed by atoms with Crippen LogP contribution in [0.3, 0.4) is 0 Å². The van der Waals surface area contributed by atoms with Crippen molar-refractivity contribution in [2.24, 2.45) is 0 Å². The van der Waals surface area contributed by atoms with Crippen molar-refractivity contribution < 1.29 is 14.3 Å². The number of carbonyl (C=O) groups excluding carboxylic acids is 2. The molecule has 4 rings (SSSR count). The van der Waals surface area contributed by atoms with Crippen molar-refractivity contribution in [1.29, 1.82) is 5.26 Å². The summed E-state index contributed by atoms with van der Waals surface area (Å²) in [6.07, 6.45) is 4.58. The van der Waals surface area contributed by atoms with Crippen LogP contribution >= 0.6 is 11.3 Å². The number of anilines is 1. The van der Waals surface area contributed by atoms with Gasteiger partial charge in [-0.25, -0.2) is 0 Å². The van der Waals surface area contributed by atoms with Gasteiger partial charge in [0.25, 0.3) is 0 Å². The van der Waals surface area contributed by atoms with Crippen LogP contribution in [0.15, 0.2) is 48.8 Å². The summed E-state index contributed by atoms with van der Waals surface area (Å²) in [7, 11) is 0. The molecule has 0 spiro atoms. The first kappa shape index (κ1) is 24.4. The molecule has 3 heterocycles. The first-order valence-corrected chi connectivity index (χ1v) is 12.5. The molecule has 0 radical (unpaired) electrons. The Balaban J connectivity index is 1.41. The number of amides is 2. The van der Waals surface area contributed by atoms with Crippen LogP contribution in [-0.4, -0.2) is 34.8 Å². The number of ether oxygens (including phenoxy) is 1. The quantitative estimate of drug-likeness (QED) is 0.497. The van der Waals surface area contributed by atoms with Gasteiger partial charge in [0.15, 0.2) is 0 Å². The molecular formula is C27H28N4O3S. The molecule has 1 aliphatic heterocycles. The lowest BCUT2D eigenvalue weighted by Crippen LogP contribution is -2.36. The van der Waals surface area contributed by atoms with Crippen LogP contribution in [0.5, 0.6) is 5.75 Å². The number of nitriles is 1. The fourth-order valence-electron chi connectivity index (χ4n) is 4.26. The van der Waals surface area contributed by atoms with Gasteiger partial charge in [-0.15, -0.1) is 11.3 Å². The topological polar surface area (TPSA) is 95.3 Å². The van der Waals surface area contributed by atoms with E-state index in [2.05, 4.69) is 16.4 Å². The normalized spacial score (nSPS) is 13.5. The molecule has 1 unspecified atom stereocenters. The van der Waals surface area contributed by atoms with Crippen molar-refractivity contribution in [3.63, 3.8) is 0 Å². The molecule has 0 fully saturated rings. The van der Waals surface area contributed by atoms with Crippen LogP contribution in [0, 0.1) is 11.3 Å². The predicted molar refractivity (Wildman–Crippen MR) is 135 cm³/mol. The molecule has 7 nitrogen and oxygen atoms in total. The third-order valence-electron chi connectivity index (χ3n) is 6.08. The van der Waals surface area contributed by atoms with Crippen molar-refractivity contribution in [3.05, 3.63) is 75.9 Å². The highest BCUT2D eigenvalue weighted by atomic mass is 32.1. The smallest absolute Gasteiger partial charge is 0.227 e. The van der Waals surface area contributed by atoms with E-state index in [-0.39, 0.29) is 17.7 Å². The van der Waals surface area contributed by atoms with Gasteiger partial charge in [-0.2, -0.15) is 5.26 Å². The molecule has 0 bridgehead atoms. The van der Waals surface area contributed by atoms with Crippen LogP contribution in [0.1, 0.15) is 53.3 Å². The minimum absolute atomic E-state index is 0.00359. The fourth-order valence-corrected chi connectivity index (χ4v) is 5.49. The largest absolute Gasteiger partial charge is 0.494 e. The Morgan fingerprint density at radius 3 is 2.91 bits per heavy atom. The van der Waals surface area contributed by atoms with E-state index in [9.17, 15) is 14.9 Å². The Morgan fingerprint density at radius 2 is 2.17 bits per heavy atom. The zero-order chi connectivity index (χ0) is 24.8. The van der Waals surface area contributed by atoms with Crippen LogP contribution in [0.4, 0.5) is 5.00 Å². The van der Waals surface area contributed by atoms with Gasteiger partial charge in [0.2, 0.25) is 11.8 Å². The molecule has 8 heteroatoms. The third kappa shape index (κ3) is 5.87.